The fourth-order valence-electron chi connectivity index (χ4n) is 2.68. The molecule has 1 aliphatic rings. The Kier molecular flexibility index (Phi) is 8.02. The Morgan fingerprint density at radius 2 is 2.13 bits per heavy atom. The van der Waals surface area contributed by atoms with Gasteiger partial charge in [-0.25, -0.2) is 0 Å². The van der Waals surface area contributed by atoms with E-state index in [9.17, 15) is 9.59 Å². The van der Waals surface area contributed by atoms with Crippen molar-refractivity contribution in [3.05, 3.63) is 35.9 Å². The molecule has 0 radical (unpaired) electrons. The smallest absolute Gasteiger partial charge is 0.225 e. The zero-order valence-corrected chi connectivity index (χ0v) is 14.1. The van der Waals surface area contributed by atoms with Gasteiger partial charge in [-0.15, -0.1) is 12.4 Å². The minimum atomic E-state index is -0.296. The van der Waals surface area contributed by atoms with Crippen LogP contribution in [0.15, 0.2) is 30.3 Å². The maximum atomic E-state index is 12.6. The summed E-state index contributed by atoms with van der Waals surface area (Å²) in [6, 6.07) is 9.39. The second kappa shape index (κ2) is 9.50. The van der Waals surface area contributed by atoms with E-state index in [1.54, 1.807) is 12.0 Å². The number of nitrogens with one attached hydrogen (secondary N) is 1. The number of hydrogen-bond donors (Lipinski definition) is 2. The van der Waals surface area contributed by atoms with Crippen molar-refractivity contribution in [3.8, 4) is 0 Å². The van der Waals surface area contributed by atoms with Gasteiger partial charge in [0.2, 0.25) is 11.8 Å². The molecule has 2 atom stereocenters. The number of rotatable bonds is 5. The normalized spacial score (nSPS) is 19.3. The van der Waals surface area contributed by atoms with Gasteiger partial charge in [0.1, 0.15) is 0 Å². The van der Waals surface area contributed by atoms with Crippen molar-refractivity contribution in [2.45, 2.75) is 25.0 Å². The highest BCUT2D eigenvalue weighted by atomic mass is 35.5. The molecular formula is C16H24ClN3O3. The summed E-state index contributed by atoms with van der Waals surface area (Å²) in [5.41, 5.74) is 6.56. The van der Waals surface area contributed by atoms with Crippen LogP contribution in [0.25, 0.3) is 0 Å². The average Bonchev–Trinajstić information content (AvgIpc) is 2.75. The van der Waals surface area contributed by atoms with Crippen LogP contribution >= 0.6 is 12.4 Å². The van der Waals surface area contributed by atoms with Crippen molar-refractivity contribution >= 4 is 24.2 Å². The first-order valence-corrected chi connectivity index (χ1v) is 7.49. The number of hydrogen-bond acceptors (Lipinski definition) is 4. The van der Waals surface area contributed by atoms with Crippen LogP contribution in [0, 0.1) is 0 Å². The lowest BCUT2D eigenvalue weighted by molar-refractivity contribution is -0.136. The van der Waals surface area contributed by atoms with Crippen molar-refractivity contribution in [2.75, 3.05) is 26.7 Å². The van der Waals surface area contributed by atoms with Crippen LogP contribution in [-0.4, -0.2) is 49.6 Å². The highest BCUT2D eigenvalue weighted by Gasteiger charge is 2.30. The molecule has 0 aromatic heterocycles. The lowest BCUT2D eigenvalue weighted by Gasteiger charge is -2.30. The molecule has 0 bridgehead atoms. The van der Waals surface area contributed by atoms with E-state index in [1.807, 2.05) is 30.3 Å². The predicted octanol–water partition coefficient (Wildman–Crippen LogP) is 0.862. The fourth-order valence-corrected chi connectivity index (χ4v) is 2.68. The Morgan fingerprint density at radius 1 is 1.43 bits per heavy atom. The molecule has 1 fully saturated rings. The molecule has 1 heterocycles. The SMILES string of the molecule is COC(CN)CC(=O)N1CCNC(=O)CC1c1ccccc1.Cl. The van der Waals surface area contributed by atoms with E-state index in [1.165, 1.54) is 0 Å². The molecule has 2 rings (SSSR count). The van der Waals surface area contributed by atoms with E-state index in [2.05, 4.69) is 5.32 Å². The second-order valence-corrected chi connectivity index (χ2v) is 5.37. The second-order valence-electron chi connectivity index (χ2n) is 5.37. The highest BCUT2D eigenvalue weighted by molar-refractivity contribution is 5.85. The van der Waals surface area contributed by atoms with Crippen LogP contribution < -0.4 is 11.1 Å². The maximum Gasteiger partial charge on any atom is 0.225 e. The third-order valence-electron chi connectivity index (χ3n) is 3.93. The third-order valence-corrected chi connectivity index (χ3v) is 3.93. The minimum Gasteiger partial charge on any atom is -0.380 e. The van der Waals surface area contributed by atoms with Crippen molar-refractivity contribution in [2.24, 2.45) is 5.73 Å². The number of carbonyl (C=O) groups excluding carboxylic acids is 2. The van der Waals surface area contributed by atoms with Crippen LogP contribution in [0.2, 0.25) is 0 Å². The van der Waals surface area contributed by atoms with Crippen molar-refractivity contribution in [1.82, 2.24) is 10.2 Å². The largest absolute Gasteiger partial charge is 0.380 e. The van der Waals surface area contributed by atoms with Gasteiger partial charge in [0.05, 0.1) is 25.0 Å². The lowest BCUT2D eigenvalue weighted by Crippen LogP contribution is -2.39. The van der Waals surface area contributed by atoms with E-state index < -0.39 is 0 Å². The van der Waals surface area contributed by atoms with Crippen LogP contribution in [0.3, 0.4) is 0 Å². The molecule has 3 N–H and O–H groups in total. The molecule has 7 heteroatoms. The van der Waals surface area contributed by atoms with Crippen molar-refractivity contribution in [1.29, 1.82) is 0 Å². The van der Waals surface area contributed by atoms with Crippen molar-refractivity contribution < 1.29 is 14.3 Å². The number of carbonyl (C=O) groups is 2. The summed E-state index contributed by atoms with van der Waals surface area (Å²) >= 11 is 0. The van der Waals surface area contributed by atoms with Crippen LogP contribution in [0.1, 0.15) is 24.4 Å². The topological polar surface area (TPSA) is 84.7 Å². The number of benzene rings is 1. The molecular weight excluding hydrogens is 318 g/mol. The van der Waals surface area contributed by atoms with Gasteiger partial charge < -0.3 is 20.7 Å². The maximum absolute atomic E-state index is 12.6. The summed E-state index contributed by atoms with van der Waals surface area (Å²) in [6.07, 6.45) is 0.205. The number of amides is 2. The third kappa shape index (κ3) is 5.20. The van der Waals surface area contributed by atoms with E-state index in [4.69, 9.17) is 10.5 Å². The van der Waals surface area contributed by atoms with E-state index in [-0.39, 0.29) is 49.2 Å². The first kappa shape index (κ1) is 19.4. The highest BCUT2D eigenvalue weighted by Crippen LogP contribution is 2.26. The Balaban J connectivity index is 0.00000264. The summed E-state index contributed by atoms with van der Waals surface area (Å²) < 4.78 is 5.20. The zero-order valence-electron chi connectivity index (χ0n) is 13.2. The average molecular weight is 342 g/mol. The monoisotopic (exact) mass is 341 g/mol. The van der Waals surface area contributed by atoms with Crippen LogP contribution in [-0.2, 0) is 14.3 Å². The quantitative estimate of drug-likeness (QED) is 0.832. The standard InChI is InChI=1S/C16H23N3O3.ClH/c1-22-13(11-17)9-16(21)19-8-7-18-15(20)10-14(19)12-5-3-2-4-6-12;/h2-6,13-14H,7-11,17H2,1H3,(H,18,20);1H. The van der Waals surface area contributed by atoms with Gasteiger partial charge in [-0.05, 0) is 5.56 Å². The van der Waals surface area contributed by atoms with E-state index >= 15 is 0 Å². The minimum absolute atomic E-state index is 0. The molecule has 0 spiro atoms. The van der Waals surface area contributed by atoms with Gasteiger partial charge >= 0.3 is 0 Å². The summed E-state index contributed by atoms with van der Waals surface area (Å²) in [7, 11) is 1.55. The molecule has 0 aliphatic carbocycles. The van der Waals surface area contributed by atoms with Crippen molar-refractivity contribution in [3.63, 3.8) is 0 Å². The molecule has 1 saturated heterocycles. The van der Waals surface area contributed by atoms with Crippen LogP contribution in [0.5, 0.6) is 0 Å². The Morgan fingerprint density at radius 3 is 2.74 bits per heavy atom. The van der Waals surface area contributed by atoms with Gasteiger partial charge in [0.25, 0.3) is 0 Å². The molecule has 1 aliphatic heterocycles. The molecule has 6 nitrogen and oxygen atoms in total. The van der Waals surface area contributed by atoms with Gasteiger partial charge in [0.15, 0.2) is 0 Å². The van der Waals surface area contributed by atoms with E-state index in [0.29, 0.717) is 19.6 Å². The Bertz CT molecular complexity index is 509. The predicted molar refractivity (Wildman–Crippen MR) is 90.2 cm³/mol. The molecule has 2 amide bonds. The van der Waals surface area contributed by atoms with Gasteiger partial charge in [0, 0.05) is 26.7 Å². The number of nitrogens with zero attached hydrogens (tertiary/aromatic N) is 1. The molecule has 1 aromatic carbocycles. The van der Waals surface area contributed by atoms with Gasteiger partial charge in [-0.1, -0.05) is 30.3 Å². The van der Waals surface area contributed by atoms with Crippen LogP contribution in [0.4, 0.5) is 0 Å². The summed E-state index contributed by atoms with van der Waals surface area (Å²) in [6.45, 7) is 1.25. The number of halogens is 1. The first-order chi connectivity index (χ1) is 10.7. The molecule has 128 valence electrons. The van der Waals surface area contributed by atoms with Gasteiger partial charge in [-0.3, -0.25) is 9.59 Å². The molecule has 0 saturated carbocycles. The fraction of sp³-hybridized carbons (Fsp3) is 0.500. The van der Waals surface area contributed by atoms with Gasteiger partial charge in [-0.2, -0.15) is 0 Å². The number of nitrogens with two attached hydrogens (primary N) is 1. The zero-order chi connectivity index (χ0) is 15.9. The molecule has 1 aromatic rings. The summed E-state index contributed by atoms with van der Waals surface area (Å²) in [4.78, 5) is 26.3. The first-order valence-electron chi connectivity index (χ1n) is 7.49. The number of methoxy groups -OCH3 is 1. The van der Waals surface area contributed by atoms with E-state index in [0.717, 1.165) is 5.56 Å². The summed E-state index contributed by atoms with van der Waals surface area (Å²) in [5, 5.41) is 2.82. The summed E-state index contributed by atoms with van der Waals surface area (Å²) in [5.74, 6) is -0.0751. The lowest BCUT2D eigenvalue weighted by atomic mass is 10.0. The molecule has 2 unspecified atom stereocenters. The Hall–Kier alpha value is -1.63. The molecule has 23 heavy (non-hydrogen) atoms. The number of ether oxygens (including phenoxy) is 1. The Labute approximate surface area is 142 Å².